The van der Waals surface area contributed by atoms with E-state index < -0.39 is 0 Å². The first kappa shape index (κ1) is 20.4. The molecular formula is C22H22NO2Pt-. The third-order valence-corrected chi connectivity index (χ3v) is 4.36. The summed E-state index contributed by atoms with van der Waals surface area (Å²) in [6, 6.07) is 15.3. The van der Waals surface area contributed by atoms with Gasteiger partial charge in [-0.25, -0.2) is 0 Å². The van der Waals surface area contributed by atoms with Crippen LogP contribution < -0.4 is 4.74 Å². The summed E-state index contributed by atoms with van der Waals surface area (Å²) in [5, 5.41) is 9.44. The van der Waals surface area contributed by atoms with Gasteiger partial charge in [-0.3, -0.25) is 0 Å². The van der Waals surface area contributed by atoms with Crippen molar-refractivity contribution in [2.45, 2.75) is 27.4 Å². The number of aliphatic hydroxyl groups excluding tert-OH is 1. The second-order valence-corrected chi connectivity index (χ2v) is 6.31. The Bertz CT molecular complexity index is 899. The van der Waals surface area contributed by atoms with Gasteiger partial charge in [-0.2, -0.15) is 0 Å². The molecule has 1 heterocycles. The Morgan fingerprint density at radius 1 is 1.08 bits per heavy atom. The molecule has 4 heteroatoms. The van der Waals surface area contributed by atoms with Crippen molar-refractivity contribution >= 4 is 0 Å². The van der Waals surface area contributed by atoms with Gasteiger partial charge in [0.25, 0.3) is 0 Å². The van der Waals surface area contributed by atoms with Gasteiger partial charge in [0.1, 0.15) is 0 Å². The molecule has 0 saturated heterocycles. The van der Waals surface area contributed by atoms with Gasteiger partial charge in [-0.05, 0) is 38.1 Å². The van der Waals surface area contributed by atoms with Crippen LogP contribution in [0.1, 0.15) is 22.3 Å². The van der Waals surface area contributed by atoms with Gasteiger partial charge in [0, 0.05) is 33.0 Å². The number of ether oxygens (including phenoxy) is 1. The topological polar surface area (TPSA) is 42.4 Å². The van der Waals surface area contributed by atoms with Crippen LogP contribution in [-0.2, 0) is 27.7 Å². The predicted molar refractivity (Wildman–Crippen MR) is 101 cm³/mol. The van der Waals surface area contributed by atoms with E-state index in [0.717, 1.165) is 28.1 Å². The molecule has 0 saturated carbocycles. The van der Waals surface area contributed by atoms with E-state index in [1.165, 1.54) is 22.3 Å². The monoisotopic (exact) mass is 527 g/mol. The molecular weight excluding hydrogens is 505 g/mol. The number of rotatable bonds is 4. The minimum absolute atomic E-state index is 0. The first-order valence-electron chi connectivity index (χ1n) is 8.27. The van der Waals surface area contributed by atoms with E-state index in [-0.39, 0.29) is 27.7 Å². The molecule has 138 valence electrons. The molecule has 0 spiro atoms. The van der Waals surface area contributed by atoms with Crippen molar-refractivity contribution < 1.29 is 30.9 Å². The summed E-state index contributed by atoms with van der Waals surface area (Å²) in [5.74, 6) is 0.761. The fraction of sp³-hybridized carbons (Fsp3) is 0.227. The van der Waals surface area contributed by atoms with Gasteiger partial charge >= 0.3 is 0 Å². The van der Waals surface area contributed by atoms with Crippen molar-refractivity contribution in [3.8, 4) is 28.1 Å². The van der Waals surface area contributed by atoms with Crippen LogP contribution in [0.25, 0.3) is 22.4 Å². The molecule has 0 amide bonds. The third-order valence-electron chi connectivity index (χ3n) is 4.36. The largest absolute Gasteiger partial charge is 0.540 e. The number of aromatic nitrogens is 1. The van der Waals surface area contributed by atoms with Crippen molar-refractivity contribution in [1.29, 1.82) is 0 Å². The summed E-state index contributed by atoms with van der Waals surface area (Å²) >= 11 is 0. The average Bonchev–Trinajstić information content (AvgIpc) is 2.60. The van der Waals surface area contributed by atoms with Crippen LogP contribution in [0, 0.1) is 26.8 Å². The van der Waals surface area contributed by atoms with Crippen molar-refractivity contribution in [2.24, 2.45) is 0 Å². The van der Waals surface area contributed by atoms with Crippen LogP contribution in [-0.4, -0.2) is 17.2 Å². The van der Waals surface area contributed by atoms with Crippen LogP contribution in [0.2, 0.25) is 0 Å². The average molecular weight is 528 g/mol. The second kappa shape index (κ2) is 8.62. The molecule has 1 aromatic heterocycles. The van der Waals surface area contributed by atoms with E-state index in [0.29, 0.717) is 0 Å². The maximum Gasteiger partial charge on any atom is 0.0675 e. The summed E-state index contributed by atoms with van der Waals surface area (Å²) in [5.41, 5.74) is 8.40. The number of hydrogen-bond acceptors (Lipinski definition) is 3. The zero-order valence-corrected chi connectivity index (χ0v) is 17.6. The summed E-state index contributed by atoms with van der Waals surface area (Å²) in [6.45, 7) is 6.34. The van der Waals surface area contributed by atoms with E-state index in [1.807, 2.05) is 24.3 Å². The van der Waals surface area contributed by atoms with Crippen LogP contribution in [0.3, 0.4) is 0 Å². The Balaban J connectivity index is 0.00000243. The van der Waals surface area contributed by atoms with Gasteiger partial charge in [-0.15, -0.1) is 17.7 Å². The minimum Gasteiger partial charge on any atom is -0.540 e. The molecule has 2 aromatic carbocycles. The van der Waals surface area contributed by atoms with E-state index in [1.54, 1.807) is 13.3 Å². The number of methoxy groups -OCH3 is 1. The summed E-state index contributed by atoms with van der Waals surface area (Å²) in [4.78, 5) is 4.49. The molecule has 0 unspecified atom stereocenters. The molecule has 3 nitrogen and oxygen atoms in total. The quantitative estimate of drug-likeness (QED) is 0.503. The number of pyridine rings is 1. The zero-order chi connectivity index (χ0) is 18.0. The van der Waals surface area contributed by atoms with E-state index in [9.17, 15) is 5.11 Å². The van der Waals surface area contributed by atoms with Gasteiger partial charge < -0.3 is 14.8 Å². The maximum atomic E-state index is 9.44. The van der Waals surface area contributed by atoms with Crippen molar-refractivity contribution in [2.75, 3.05) is 7.11 Å². The van der Waals surface area contributed by atoms with Gasteiger partial charge in [0.2, 0.25) is 0 Å². The molecule has 1 N–H and O–H groups in total. The molecule has 0 radical (unpaired) electrons. The summed E-state index contributed by atoms with van der Waals surface area (Å²) < 4.78 is 5.42. The molecule has 3 rings (SSSR count). The second-order valence-electron chi connectivity index (χ2n) is 6.31. The van der Waals surface area contributed by atoms with Gasteiger partial charge in [0.15, 0.2) is 0 Å². The van der Waals surface area contributed by atoms with Crippen LogP contribution in [0.4, 0.5) is 0 Å². The molecule has 0 bridgehead atoms. The van der Waals surface area contributed by atoms with Gasteiger partial charge in [0.05, 0.1) is 13.7 Å². The fourth-order valence-electron chi connectivity index (χ4n) is 3.32. The molecule has 3 aromatic rings. The zero-order valence-electron chi connectivity index (χ0n) is 15.4. The number of hydrogen-bond donors (Lipinski definition) is 1. The maximum absolute atomic E-state index is 9.44. The molecule has 0 aliphatic carbocycles. The molecule has 0 aliphatic rings. The van der Waals surface area contributed by atoms with Crippen molar-refractivity contribution in [3.05, 3.63) is 70.9 Å². The third kappa shape index (κ3) is 4.06. The SMILES string of the molecule is COc1c[c-]c(-c2cc(CO)ccn2)c(-c2c(C)cc(C)cc2C)c1.[Pt]. The number of aliphatic hydroxyl groups is 1. The predicted octanol–water partition coefficient (Wildman–Crippen LogP) is 4.64. The molecule has 0 fully saturated rings. The standard InChI is InChI=1S/C22H22NO2.Pt/c1-14-9-15(2)22(16(3)10-14)20-12-18(25-4)5-6-19(20)21-11-17(13-24)7-8-23-21;/h5,7-12,24H,13H2,1-4H3;/q-1;. The Labute approximate surface area is 169 Å². The Kier molecular flexibility index (Phi) is 6.74. The molecule has 26 heavy (non-hydrogen) atoms. The fourth-order valence-corrected chi connectivity index (χ4v) is 3.32. The number of benzene rings is 2. The first-order valence-corrected chi connectivity index (χ1v) is 8.27. The Morgan fingerprint density at radius 2 is 1.77 bits per heavy atom. The normalized spacial score (nSPS) is 10.3. The van der Waals surface area contributed by atoms with E-state index in [2.05, 4.69) is 44.0 Å². The molecule has 0 atom stereocenters. The van der Waals surface area contributed by atoms with Crippen molar-refractivity contribution in [3.63, 3.8) is 0 Å². The van der Waals surface area contributed by atoms with Crippen LogP contribution >= 0.6 is 0 Å². The summed E-state index contributed by atoms with van der Waals surface area (Å²) in [7, 11) is 1.66. The van der Waals surface area contributed by atoms with Crippen molar-refractivity contribution in [1.82, 2.24) is 4.98 Å². The number of nitrogens with zero attached hydrogens (tertiary/aromatic N) is 1. The van der Waals surface area contributed by atoms with Crippen LogP contribution in [0.15, 0.2) is 42.6 Å². The Morgan fingerprint density at radius 3 is 2.38 bits per heavy atom. The van der Waals surface area contributed by atoms with E-state index in [4.69, 9.17) is 4.74 Å². The first-order chi connectivity index (χ1) is 12.0. The smallest absolute Gasteiger partial charge is 0.0675 e. The minimum atomic E-state index is -0.0103. The van der Waals surface area contributed by atoms with Crippen LogP contribution in [0.5, 0.6) is 5.75 Å². The van der Waals surface area contributed by atoms with E-state index >= 15 is 0 Å². The Hall–Kier alpha value is -1.96. The summed E-state index contributed by atoms with van der Waals surface area (Å²) in [6.07, 6.45) is 1.72. The van der Waals surface area contributed by atoms with Gasteiger partial charge in [-0.1, -0.05) is 52.1 Å². The molecule has 0 aliphatic heterocycles. The number of aryl methyl sites for hydroxylation is 3.